The van der Waals surface area contributed by atoms with Crippen LogP contribution in [0, 0.1) is 26.6 Å². The highest BCUT2D eigenvalue weighted by atomic mass is 19.1. The number of carbonyl (C=O) groups excluding carboxylic acids is 1. The highest BCUT2D eigenvalue weighted by molar-refractivity contribution is 6.10. The van der Waals surface area contributed by atoms with E-state index in [2.05, 4.69) is 5.16 Å². The minimum atomic E-state index is -1.01. The van der Waals surface area contributed by atoms with E-state index in [0.29, 0.717) is 16.7 Å². The van der Waals surface area contributed by atoms with Crippen LogP contribution in [0.4, 0.5) is 10.2 Å². The molecule has 0 unspecified atom stereocenters. The molecular weight excluding hydrogens is 387 g/mol. The fourth-order valence-electron chi connectivity index (χ4n) is 3.92. The van der Waals surface area contributed by atoms with Crippen molar-refractivity contribution in [2.75, 3.05) is 4.90 Å². The van der Waals surface area contributed by atoms with Gasteiger partial charge in [0.15, 0.2) is 11.2 Å². The van der Waals surface area contributed by atoms with Crippen LogP contribution in [0.15, 0.2) is 56.2 Å². The lowest BCUT2D eigenvalue weighted by atomic mass is 9.97. The topological polar surface area (TPSA) is 76.6 Å². The number of carbonyl (C=O) groups is 1. The standard InChI is InChI=1S/C23H17FN2O4/c1-11-8-15-17(9-12(11)2)29-22-19(21(15)27)20(14-6-4-5-7-16(14)24)26(23(22)28)18-10-13(3)30-25-18/h4-10,20H,1-3H3/t20-/m1/s1. The maximum Gasteiger partial charge on any atom is 0.296 e. The van der Waals surface area contributed by atoms with Crippen LogP contribution in [0.1, 0.15) is 44.6 Å². The zero-order valence-electron chi connectivity index (χ0n) is 16.5. The summed E-state index contributed by atoms with van der Waals surface area (Å²) in [4.78, 5) is 28.1. The van der Waals surface area contributed by atoms with Crippen LogP contribution in [-0.2, 0) is 0 Å². The van der Waals surface area contributed by atoms with Gasteiger partial charge in [0, 0.05) is 11.6 Å². The third kappa shape index (κ3) is 2.51. The molecule has 0 saturated carbocycles. The Labute approximate surface area is 170 Å². The van der Waals surface area contributed by atoms with Crippen molar-refractivity contribution in [2.24, 2.45) is 0 Å². The Kier molecular flexibility index (Phi) is 3.89. The number of fused-ring (bicyclic) bond motifs is 2. The summed E-state index contributed by atoms with van der Waals surface area (Å²) < 4.78 is 25.8. The van der Waals surface area contributed by atoms with Crippen molar-refractivity contribution in [3.05, 3.63) is 92.3 Å². The molecule has 5 rings (SSSR count). The van der Waals surface area contributed by atoms with E-state index in [0.717, 1.165) is 11.1 Å². The molecule has 4 aromatic rings. The number of benzene rings is 2. The highest BCUT2D eigenvalue weighted by Crippen LogP contribution is 2.41. The van der Waals surface area contributed by atoms with Gasteiger partial charge in [-0.1, -0.05) is 23.4 Å². The smallest absolute Gasteiger partial charge is 0.296 e. The number of halogens is 1. The maximum absolute atomic E-state index is 14.8. The molecule has 0 bridgehead atoms. The number of rotatable bonds is 2. The molecule has 0 radical (unpaired) electrons. The Bertz CT molecular complexity index is 1400. The number of anilines is 1. The molecule has 0 N–H and O–H groups in total. The number of nitrogens with zero attached hydrogens (tertiary/aromatic N) is 2. The molecule has 0 aliphatic carbocycles. The van der Waals surface area contributed by atoms with Crippen molar-refractivity contribution in [2.45, 2.75) is 26.8 Å². The van der Waals surface area contributed by atoms with Crippen molar-refractivity contribution >= 4 is 22.7 Å². The van der Waals surface area contributed by atoms with Gasteiger partial charge in [-0.05, 0) is 50.1 Å². The third-order valence-corrected chi connectivity index (χ3v) is 5.55. The Hall–Kier alpha value is -3.74. The average molecular weight is 404 g/mol. The van der Waals surface area contributed by atoms with Gasteiger partial charge in [0.1, 0.15) is 17.2 Å². The van der Waals surface area contributed by atoms with Gasteiger partial charge in [0.2, 0.25) is 5.76 Å². The Morgan fingerprint density at radius 2 is 1.77 bits per heavy atom. The van der Waals surface area contributed by atoms with Crippen LogP contribution in [0.25, 0.3) is 11.0 Å². The molecule has 3 heterocycles. The molecule has 1 aliphatic heterocycles. The van der Waals surface area contributed by atoms with Crippen LogP contribution in [0.5, 0.6) is 0 Å². The number of hydrogen-bond donors (Lipinski definition) is 0. The zero-order chi connectivity index (χ0) is 21.2. The first-order valence-corrected chi connectivity index (χ1v) is 9.46. The quantitative estimate of drug-likeness (QED) is 0.488. The Morgan fingerprint density at radius 3 is 2.47 bits per heavy atom. The molecule has 150 valence electrons. The summed E-state index contributed by atoms with van der Waals surface area (Å²) in [7, 11) is 0. The van der Waals surface area contributed by atoms with E-state index in [4.69, 9.17) is 8.94 Å². The van der Waals surface area contributed by atoms with Gasteiger partial charge in [-0.15, -0.1) is 0 Å². The van der Waals surface area contributed by atoms with Crippen molar-refractivity contribution in [1.82, 2.24) is 5.16 Å². The lowest BCUT2D eigenvalue weighted by Crippen LogP contribution is -2.30. The summed E-state index contributed by atoms with van der Waals surface area (Å²) in [5.74, 6) is -0.536. The summed E-state index contributed by atoms with van der Waals surface area (Å²) in [6.07, 6.45) is 0. The number of aryl methyl sites for hydroxylation is 3. The summed E-state index contributed by atoms with van der Waals surface area (Å²) >= 11 is 0. The second-order valence-electron chi connectivity index (χ2n) is 7.50. The van der Waals surface area contributed by atoms with E-state index in [1.165, 1.54) is 11.0 Å². The minimum absolute atomic E-state index is 0.0986. The second-order valence-corrected chi connectivity index (χ2v) is 7.50. The molecule has 2 aromatic heterocycles. The molecule has 2 aromatic carbocycles. The lowest BCUT2D eigenvalue weighted by molar-refractivity contribution is 0.0969. The highest BCUT2D eigenvalue weighted by Gasteiger charge is 2.45. The molecule has 1 aliphatic rings. The molecular formula is C23H17FN2O4. The van der Waals surface area contributed by atoms with Gasteiger partial charge in [-0.25, -0.2) is 4.39 Å². The van der Waals surface area contributed by atoms with Gasteiger partial charge in [-0.3, -0.25) is 14.5 Å². The largest absolute Gasteiger partial charge is 0.450 e. The van der Waals surface area contributed by atoms with Crippen LogP contribution in [-0.4, -0.2) is 11.1 Å². The van der Waals surface area contributed by atoms with Gasteiger partial charge >= 0.3 is 0 Å². The minimum Gasteiger partial charge on any atom is -0.450 e. The summed E-state index contributed by atoms with van der Waals surface area (Å²) in [5.41, 5.74) is 2.10. The van der Waals surface area contributed by atoms with E-state index in [1.54, 1.807) is 43.3 Å². The Morgan fingerprint density at radius 1 is 1.03 bits per heavy atom. The zero-order valence-corrected chi connectivity index (χ0v) is 16.5. The molecule has 7 heteroatoms. The van der Waals surface area contributed by atoms with E-state index in [9.17, 15) is 14.0 Å². The Balaban J connectivity index is 1.86. The first-order valence-electron chi connectivity index (χ1n) is 9.46. The van der Waals surface area contributed by atoms with Gasteiger partial charge in [0.05, 0.1) is 17.0 Å². The second kappa shape index (κ2) is 6.38. The van der Waals surface area contributed by atoms with Crippen molar-refractivity contribution in [3.8, 4) is 0 Å². The number of hydrogen-bond acceptors (Lipinski definition) is 5. The van der Waals surface area contributed by atoms with Crippen molar-refractivity contribution < 1.29 is 18.1 Å². The maximum atomic E-state index is 14.8. The molecule has 0 spiro atoms. The fourth-order valence-corrected chi connectivity index (χ4v) is 3.92. The summed E-state index contributed by atoms with van der Waals surface area (Å²) in [6.45, 7) is 5.48. The first kappa shape index (κ1) is 18.3. The van der Waals surface area contributed by atoms with Crippen LogP contribution >= 0.6 is 0 Å². The van der Waals surface area contributed by atoms with E-state index in [1.807, 2.05) is 13.8 Å². The molecule has 0 fully saturated rings. The molecule has 1 atom stereocenters. The SMILES string of the molecule is Cc1cc(N2C(=O)c3oc4cc(C)c(C)cc4c(=O)c3[C@H]2c2ccccc2F)no1. The van der Waals surface area contributed by atoms with Crippen LogP contribution in [0.3, 0.4) is 0 Å². The van der Waals surface area contributed by atoms with E-state index in [-0.39, 0.29) is 28.1 Å². The number of aromatic nitrogens is 1. The predicted octanol–water partition coefficient (Wildman–Crippen LogP) is 4.60. The van der Waals surface area contributed by atoms with E-state index < -0.39 is 17.8 Å². The van der Waals surface area contributed by atoms with Gasteiger partial charge < -0.3 is 8.94 Å². The first-order chi connectivity index (χ1) is 14.4. The summed E-state index contributed by atoms with van der Waals surface area (Å²) in [6, 6.07) is 10.1. The van der Waals surface area contributed by atoms with Gasteiger partial charge in [-0.2, -0.15) is 0 Å². The molecule has 6 nitrogen and oxygen atoms in total. The lowest BCUT2D eigenvalue weighted by Gasteiger charge is -2.22. The van der Waals surface area contributed by atoms with Crippen molar-refractivity contribution in [1.29, 1.82) is 0 Å². The van der Waals surface area contributed by atoms with E-state index >= 15 is 0 Å². The average Bonchev–Trinajstić information content (AvgIpc) is 3.25. The van der Waals surface area contributed by atoms with Crippen LogP contribution in [0.2, 0.25) is 0 Å². The van der Waals surface area contributed by atoms with Gasteiger partial charge in [0.25, 0.3) is 5.91 Å². The monoisotopic (exact) mass is 404 g/mol. The molecule has 30 heavy (non-hydrogen) atoms. The predicted molar refractivity (Wildman–Crippen MR) is 108 cm³/mol. The number of amides is 1. The van der Waals surface area contributed by atoms with Crippen LogP contribution < -0.4 is 10.3 Å². The molecule has 1 amide bonds. The fraction of sp³-hybridized carbons (Fsp3) is 0.174. The third-order valence-electron chi connectivity index (χ3n) is 5.55. The molecule has 0 saturated heterocycles. The normalized spacial score (nSPS) is 15.8. The van der Waals surface area contributed by atoms with Crippen molar-refractivity contribution in [3.63, 3.8) is 0 Å². The summed E-state index contributed by atoms with van der Waals surface area (Å²) in [5, 5.41) is 4.28.